The third-order valence-corrected chi connectivity index (χ3v) is 4.24. The van der Waals surface area contributed by atoms with Gasteiger partial charge in [-0.3, -0.25) is 4.98 Å². The van der Waals surface area contributed by atoms with Crippen LogP contribution in [-0.4, -0.2) is 25.6 Å². The van der Waals surface area contributed by atoms with Crippen LogP contribution in [0.5, 0.6) is 5.88 Å². The van der Waals surface area contributed by atoms with E-state index in [4.69, 9.17) is 4.74 Å². The lowest BCUT2D eigenvalue weighted by molar-refractivity contribution is 0.148. The maximum absolute atomic E-state index is 5.97. The second kappa shape index (κ2) is 8.13. The minimum atomic E-state index is 0.285. The van der Waals surface area contributed by atoms with Crippen molar-refractivity contribution >= 4 is 5.82 Å². The van der Waals surface area contributed by atoms with Gasteiger partial charge in [-0.05, 0) is 31.6 Å². The number of imidazole rings is 1. The van der Waals surface area contributed by atoms with Crippen LogP contribution in [0.15, 0.2) is 24.8 Å². The summed E-state index contributed by atoms with van der Waals surface area (Å²) in [5.74, 6) is 2.92. The maximum atomic E-state index is 5.97. The molecule has 1 saturated carbocycles. The highest BCUT2D eigenvalue weighted by atomic mass is 16.5. The molecule has 2 aromatic heterocycles. The summed E-state index contributed by atoms with van der Waals surface area (Å²) in [5, 5.41) is 3.30. The molecule has 0 amide bonds. The van der Waals surface area contributed by atoms with Crippen LogP contribution < -0.4 is 10.1 Å². The van der Waals surface area contributed by atoms with Gasteiger partial charge in [0.25, 0.3) is 0 Å². The van der Waals surface area contributed by atoms with Crippen LogP contribution in [0.25, 0.3) is 0 Å². The molecule has 1 aliphatic rings. The first-order chi connectivity index (χ1) is 11.7. The van der Waals surface area contributed by atoms with Crippen molar-refractivity contribution in [2.75, 3.05) is 5.32 Å². The molecular weight excluding hydrogens is 302 g/mol. The van der Waals surface area contributed by atoms with E-state index in [9.17, 15) is 0 Å². The number of ether oxygens (including phenoxy) is 1. The molecule has 0 atom stereocenters. The molecular formula is C18H27N5O. The minimum absolute atomic E-state index is 0.285. The highest BCUT2D eigenvalue weighted by molar-refractivity contribution is 5.33. The van der Waals surface area contributed by atoms with Crippen molar-refractivity contribution in [1.82, 2.24) is 19.5 Å². The van der Waals surface area contributed by atoms with Crippen molar-refractivity contribution < 1.29 is 4.74 Å². The second-order valence-electron chi connectivity index (χ2n) is 6.86. The lowest BCUT2D eigenvalue weighted by atomic mass is 9.98. The molecule has 0 saturated heterocycles. The summed E-state index contributed by atoms with van der Waals surface area (Å²) in [6.07, 6.45) is 13.6. The summed E-state index contributed by atoms with van der Waals surface area (Å²) >= 11 is 0. The Morgan fingerprint density at radius 2 is 2.08 bits per heavy atom. The summed E-state index contributed by atoms with van der Waals surface area (Å²) < 4.78 is 8.15. The van der Waals surface area contributed by atoms with Crippen LogP contribution in [0.3, 0.4) is 0 Å². The molecule has 1 N–H and O–H groups in total. The molecule has 6 nitrogen and oxygen atoms in total. The van der Waals surface area contributed by atoms with Crippen LogP contribution in [0.1, 0.15) is 51.8 Å². The first kappa shape index (κ1) is 16.7. The summed E-state index contributed by atoms with van der Waals surface area (Å²) in [6.45, 7) is 6.00. The molecule has 0 unspecified atom stereocenters. The minimum Gasteiger partial charge on any atom is -0.473 e. The number of hydrogen-bond donors (Lipinski definition) is 1. The Balaban J connectivity index is 1.57. The summed E-state index contributed by atoms with van der Waals surface area (Å²) in [6, 6.07) is 0. The van der Waals surface area contributed by atoms with Gasteiger partial charge in [-0.2, -0.15) is 4.98 Å². The van der Waals surface area contributed by atoms with Crippen LogP contribution >= 0.6 is 0 Å². The largest absolute Gasteiger partial charge is 0.473 e. The van der Waals surface area contributed by atoms with Gasteiger partial charge < -0.3 is 14.6 Å². The molecule has 1 fully saturated rings. The van der Waals surface area contributed by atoms with E-state index >= 15 is 0 Å². The van der Waals surface area contributed by atoms with Gasteiger partial charge >= 0.3 is 0 Å². The molecule has 0 bridgehead atoms. The number of rotatable bonds is 7. The van der Waals surface area contributed by atoms with Crippen molar-refractivity contribution in [3.05, 3.63) is 30.6 Å². The van der Waals surface area contributed by atoms with E-state index < -0.39 is 0 Å². The summed E-state index contributed by atoms with van der Waals surface area (Å²) in [7, 11) is 0. The molecule has 0 spiro atoms. The van der Waals surface area contributed by atoms with Crippen molar-refractivity contribution in [3.63, 3.8) is 0 Å². The Morgan fingerprint density at radius 3 is 2.88 bits per heavy atom. The molecule has 130 valence electrons. The maximum Gasteiger partial charge on any atom is 0.234 e. The Bertz CT molecular complexity index is 634. The SMILES string of the molecule is CC(C)Cn1ccnc1CNc1cncc(OC2CCCCC2)n1. The molecule has 3 rings (SSSR count). The molecule has 2 heterocycles. The number of nitrogens with one attached hydrogen (secondary N) is 1. The molecule has 0 aliphatic heterocycles. The van der Waals surface area contributed by atoms with Gasteiger partial charge in [0.15, 0.2) is 0 Å². The van der Waals surface area contributed by atoms with Gasteiger partial charge in [0, 0.05) is 18.9 Å². The third-order valence-electron chi connectivity index (χ3n) is 4.24. The Hall–Kier alpha value is -2.11. The lowest BCUT2D eigenvalue weighted by Crippen LogP contribution is -2.20. The zero-order chi connectivity index (χ0) is 16.8. The van der Waals surface area contributed by atoms with Crippen molar-refractivity contribution in [1.29, 1.82) is 0 Å². The zero-order valence-corrected chi connectivity index (χ0v) is 14.6. The number of nitrogens with zero attached hydrogens (tertiary/aromatic N) is 4. The quantitative estimate of drug-likeness (QED) is 0.840. The van der Waals surface area contributed by atoms with E-state index in [1.165, 1.54) is 19.3 Å². The number of anilines is 1. The van der Waals surface area contributed by atoms with Crippen molar-refractivity contribution in [3.8, 4) is 5.88 Å². The fourth-order valence-electron chi connectivity index (χ4n) is 3.08. The normalized spacial score (nSPS) is 15.6. The Morgan fingerprint density at radius 1 is 1.25 bits per heavy atom. The molecule has 6 heteroatoms. The predicted octanol–water partition coefficient (Wildman–Crippen LogP) is 3.65. The fraction of sp³-hybridized carbons (Fsp3) is 0.611. The fourth-order valence-corrected chi connectivity index (χ4v) is 3.08. The molecule has 24 heavy (non-hydrogen) atoms. The van der Waals surface area contributed by atoms with Gasteiger partial charge in [0.1, 0.15) is 17.7 Å². The van der Waals surface area contributed by atoms with E-state index in [-0.39, 0.29) is 6.10 Å². The monoisotopic (exact) mass is 329 g/mol. The first-order valence-electron chi connectivity index (χ1n) is 8.93. The Labute approximate surface area is 143 Å². The average molecular weight is 329 g/mol. The van der Waals surface area contributed by atoms with E-state index in [2.05, 4.69) is 38.7 Å². The van der Waals surface area contributed by atoms with E-state index in [0.29, 0.717) is 18.3 Å². The zero-order valence-electron chi connectivity index (χ0n) is 14.6. The van der Waals surface area contributed by atoms with Crippen LogP contribution in [0, 0.1) is 5.92 Å². The highest BCUT2D eigenvalue weighted by Gasteiger charge is 2.15. The Kier molecular flexibility index (Phi) is 5.67. The molecule has 0 radical (unpaired) electrons. The summed E-state index contributed by atoms with van der Waals surface area (Å²) in [5.41, 5.74) is 0. The van der Waals surface area contributed by atoms with Crippen LogP contribution in [-0.2, 0) is 13.1 Å². The van der Waals surface area contributed by atoms with E-state index in [0.717, 1.165) is 31.0 Å². The molecule has 0 aromatic carbocycles. The summed E-state index contributed by atoms with van der Waals surface area (Å²) in [4.78, 5) is 13.2. The van der Waals surface area contributed by atoms with E-state index in [1.54, 1.807) is 12.4 Å². The molecule has 1 aliphatic carbocycles. The van der Waals surface area contributed by atoms with Crippen molar-refractivity contribution in [2.45, 2.75) is 65.1 Å². The van der Waals surface area contributed by atoms with Gasteiger partial charge in [0.05, 0.1) is 18.9 Å². The van der Waals surface area contributed by atoms with E-state index in [1.807, 2.05) is 12.4 Å². The number of hydrogen-bond acceptors (Lipinski definition) is 5. The van der Waals surface area contributed by atoms with Gasteiger partial charge in [-0.1, -0.05) is 20.3 Å². The standard InChI is InChI=1S/C18H27N5O/c1-14(2)13-23-9-8-20-17(23)11-21-16-10-19-12-18(22-16)24-15-6-4-3-5-7-15/h8-10,12,14-15H,3-7,11,13H2,1-2H3,(H,21,22). The van der Waals surface area contributed by atoms with Crippen molar-refractivity contribution in [2.24, 2.45) is 5.92 Å². The van der Waals surface area contributed by atoms with Gasteiger partial charge in [-0.15, -0.1) is 0 Å². The second-order valence-corrected chi connectivity index (χ2v) is 6.86. The number of aromatic nitrogens is 4. The van der Waals surface area contributed by atoms with Crippen LogP contribution in [0.2, 0.25) is 0 Å². The topological polar surface area (TPSA) is 64.9 Å². The third kappa shape index (κ3) is 4.69. The van der Waals surface area contributed by atoms with Gasteiger partial charge in [-0.25, -0.2) is 4.98 Å². The highest BCUT2D eigenvalue weighted by Crippen LogP contribution is 2.22. The lowest BCUT2D eigenvalue weighted by Gasteiger charge is -2.22. The average Bonchev–Trinajstić information content (AvgIpc) is 3.01. The van der Waals surface area contributed by atoms with Gasteiger partial charge in [0.2, 0.25) is 5.88 Å². The predicted molar refractivity (Wildman–Crippen MR) is 93.9 cm³/mol. The smallest absolute Gasteiger partial charge is 0.234 e. The first-order valence-corrected chi connectivity index (χ1v) is 8.93. The van der Waals surface area contributed by atoms with Crippen LogP contribution in [0.4, 0.5) is 5.82 Å². The molecule has 2 aromatic rings.